The van der Waals surface area contributed by atoms with E-state index in [0.29, 0.717) is 26.4 Å². The maximum Gasteiger partial charge on any atom is 0.191 e. The van der Waals surface area contributed by atoms with E-state index in [1.54, 1.807) is 14.2 Å². The fraction of sp³-hybridized carbons (Fsp3) is 0.533. The third-order valence-corrected chi connectivity index (χ3v) is 3.09. The molecule has 116 valence electrons. The second kappa shape index (κ2) is 8.36. The predicted octanol–water partition coefficient (Wildman–Crippen LogP) is 1.16. The third-order valence-electron chi connectivity index (χ3n) is 3.09. The number of methoxy groups -OCH3 is 1. The molecule has 0 bridgehead atoms. The van der Waals surface area contributed by atoms with E-state index < -0.39 is 0 Å². The summed E-state index contributed by atoms with van der Waals surface area (Å²) in [5.41, 5.74) is 1.12. The lowest BCUT2D eigenvalue weighted by molar-refractivity contribution is 0.203. The Morgan fingerprint density at radius 1 is 1.24 bits per heavy atom. The first-order valence-electron chi connectivity index (χ1n) is 7.15. The fourth-order valence-corrected chi connectivity index (χ4v) is 2.00. The number of aliphatic imine (C=N–C) groups is 1. The van der Waals surface area contributed by atoms with Gasteiger partial charge in [-0.3, -0.25) is 4.99 Å². The van der Waals surface area contributed by atoms with Gasteiger partial charge in [-0.15, -0.1) is 0 Å². The molecule has 6 heteroatoms. The van der Waals surface area contributed by atoms with Gasteiger partial charge >= 0.3 is 0 Å². The van der Waals surface area contributed by atoms with Crippen molar-refractivity contribution in [3.8, 4) is 11.5 Å². The Kier molecular flexibility index (Phi) is 6.15. The lowest BCUT2D eigenvalue weighted by Crippen LogP contribution is -2.38. The number of benzene rings is 1. The van der Waals surface area contributed by atoms with Gasteiger partial charge in [0.15, 0.2) is 17.5 Å². The maximum atomic E-state index is 5.69. The zero-order chi connectivity index (χ0) is 14.9. The van der Waals surface area contributed by atoms with Crippen molar-refractivity contribution in [1.29, 1.82) is 0 Å². The number of fused-ring (bicyclic) bond motifs is 1. The van der Waals surface area contributed by atoms with Crippen molar-refractivity contribution in [2.45, 2.75) is 13.0 Å². The average molecular weight is 293 g/mol. The van der Waals surface area contributed by atoms with Crippen LogP contribution in [0.15, 0.2) is 23.2 Å². The Labute approximate surface area is 125 Å². The highest BCUT2D eigenvalue weighted by Gasteiger charge is 2.10. The molecule has 1 aromatic carbocycles. The molecule has 21 heavy (non-hydrogen) atoms. The summed E-state index contributed by atoms with van der Waals surface area (Å²) in [5, 5.41) is 6.42. The molecule has 1 heterocycles. The molecule has 0 unspecified atom stereocenters. The van der Waals surface area contributed by atoms with E-state index in [1.807, 2.05) is 18.2 Å². The van der Waals surface area contributed by atoms with Gasteiger partial charge < -0.3 is 24.8 Å². The van der Waals surface area contributed by atoms with Gasteiger partial charge in [0.25, 0.3) is 0 Å². The summed E-state index contributed by atoms with van der Waals surface area (Å²) in [7, 11) is 3.42. The third kappa shape index (κ3) is 4.82. The van der Waals surface area contributed by atoms with E-state index in [0.717, 1.165) is 36.0 Å². The number of rotatable bonds is 5. The molecule has 1 aliphatic heterocycles. The van der Waals surface area contributed by atoms with Crippen LogP contribution in [0.1, 0.15) is 12.0 Å². The van der Waals surface area contributed by atoms with Gasteiger partial charge in [-0.05, 0) is 17.7 Å². The molecule has 1 aliphatic rings. The van der Waals surface area contributed by atoms with Gasteiger partial charge in [0.1, 0.15) is 0 Å². The summed E-state index contributed by atoms with van der Waals surface area (Å²) >= 11 is 0. The Morgan fingerprint density at radius 3 is 2.81 bits per heavy atom. The molecular formula is C15H23N3O3. The summed E-state index contributed by atoms with van der Waals surface area (Å²) in [6, 6.07) is 6.00. The Hall–Kier alpha value is -1.95. The number of nitrogens with one attached hydrogen (secondary N) is 2. The van der Waals surface area contributed by atoms with Crippen LogP contribution in [0.3, 0.4) is 0 Å². The zero-order valence-electron chi connectivity index (χ0n) is 12.6. The van der Waals surface area contributed by atoms with Crippen molar-refractivity contribution in [2.75, 3.05) is 40.5 Å². The molecule has 0 amide bonds. The lowest BCUT2D eigenvalue weighted by atomic mass is 10.2. The molecule has 2 rings (SSSR count). The van der Waals surface area contributed by atoms with Crippen LogP contribution >= 0.6 is 0 Å². The second-order valence-corrected chi connectivity index (χ2v) is 4.68. The van der Waals surface area contributed by atoms with E-state index >= 15 is 0 Å². The first-order valence-corrected chi connectivity index (χ1v) is 7.15. The molecule has 2 N–H and O–H groups in total. The lowest BCUT2D eigenvalue weighted by Gasteiger charge is -2.13. The average Bonchev–Trinajstić information content (AvgIpc) is 2.75. The number of hydrogen-bond acceptors (Lipinski definition) is 4. The fourth-order valence-electron chi connectivity index (χ4n) is 2.00. The molecule has 0 saturated heterocycles. The van der Waals surface area contributed by atoms with Gasteiger partial charge in [0.05, 0.1) is 19.8 Å². The van der Waals surface area contributed by atoms with Gasteiger partial charge in [0, 0.05) is 33.7 Å². The van der Waals surface area contributed by atoms with Gasteiger partial charge in [-0.2, -0.15) is 0 Å². The Bertz CT molecular complexity index is 477. The van der Waals surface area contributed by atoms with Crippen molar-refractivity contribution >= 4 is 5.96 Å². The van der Waals surface area contributed by atoms with Crippen LogP contribution in [0, 0.1) is 0 Å². The molecule has 0 aliphatic carbocycles. The van der Waals surface area contributed by atoms with Crippen LogP contribution in [0.4, 0.5) is 0 Å². The smallest absolute Gasteiger partial charge is 0.191 e. The highest BCUT2D eigenvalue weighted by molar-refractivity contribution is 5.79. The Morgan fingerprint density at radius 2 is 2.05 bits per heavy atom. The molecule has 0 atom stereocenters. The minimum atomic E-state index is 0.644. The monoisotopic (exact) mass is 293 g/mol. The van der Waals surface area contributed by atoms with E-state index in [1.165, 1.54) is 0 Å². The summed E-state index contributed by atoms with van der Waals surface area (Å²) in [5.74, 6) is 2.38. The van der Waals surface area contributed by atoms with Crippen molar-refractivity contribution in [2.24, 2.45) is 4.99 Å². The predicted molar refractivity (Wildman–Crippen MR) is 82.1 cm³/mol. The topological polar surface area (TPSA) is 64.1 Å². The number of nitrogens with zero attached hydrogens (tertiary/aromatic N) is 1. The first kappa shape index (κ1) is 15.4. The van der Waals surface area contributed by atoms with E-state index in [-0.39, 0.29) is 0 Å². The molecule has 0 radical (unpaired) electrons. The second-order valence-electron chi connectivity index (χ2n) is 4.68. The zero-order valence-corrected chi connectivity index (χ0v) is 12.6. The first-order chi connectivity index (χ1) is 10.3. The summed E-state index contributed by atoms with van der Waals surface area (Å²) in [6.07, 6.45) is 0.915. The highest BCUT2D eigenvalue weighted by atomic mass is 16.5. The van der Waals surface area contributed by atoms with Crippen LogP contribution in [-0.2, 0) is 11.3 Å². The maximum absolute atomic E-state index is 5.69. The summed E-state index contributed by atoms with van der Waals surface area (Å²) in [4.78, 5) is 4.16. The van der Waals surface area contributed by atoms with Gasteiger partial charge in [-0.1, -0.05) is 6.07 Å². The molecule has 0 saturated carbocycles. The molecule has 6 nitrogen and oxygen atoms in total. The van der Waals surface area contributed by atoms with E-state index in [2.05, 4.69) is 15.6 Å². The van der Waals surface area contributed by atoms with Crippen LogP contribution in [0.2, 0.25) is 0 Å². The van der Waals surface area contributed by atoms with Crippen LogP contribution in [0.5, 0.6) is 11.5 Å². The van der Waals surface area contributed by atoms with Crippen LogP contribution < -0.4 is 20.1 Å². The standard InChI is InChI=1S/C15H23N3O3/c1-16-15(17-6-9-19-2)18-11-12-4-5-13-14(10-12)21-8-3-7-20-13/h4-5,10H,3,6-9,11H2,1-2H3,(H2,16,17,18). The number of hydrogen-bond donors (Lipinski definition) is 2. The summed E-state index contributed by atoms with van der Waals surface area (Å²) in [6.45, 7) is 3.44. The van der Waals surface area contributed by atoms with E-state index in [4.69, 9.17) is 14.2 Å². The van der Waals surface area contributed by atoms with Crippen LogP contribution in [0.25, 0.3) is 0 Å². The minimum absolute atomic E-state index is 0.644. The SMILES string of the molecule is CN=C(NCCOC)NCc1ccc2c(c1)OCCCO2. The molecule has 0 spiro atoms. The number of guanidine groups is 1. The molecular weight excluding hydrogens is 270 g/mol. The van der Waals surface area contributed by atoms with Crippen LogP contribution in [-0.4, -0.2) is 46.5 Å². The van der Waals surface area contributed by atoms with Crippen molar-refractivity contribution in [3.63, 3.8) is 0 Å². The van der Waals surface area contributed by atoms with Crippen molar-refractivity contribution in [1.82, 2.24) is 10.6 Å². The molecule has 0 fully saturated rings. The largest absolute Gasteiger partial charge is 0.490 e. The van der Waals surface area contributed by atoms with Gasteiger partial charge in [0.2, 0.25) is 0 Å². The quantitative estimate of drug-likeness (QED) is 0.484. The highest BCUT2D eigenvalue weighted by Crippen LogP contribution is 2.30. The Balaban J connectivity index is 1.89. The van der Waals surface area contributed by atoms with Gasteiger partial charge in [-0.25, -0.2) is 0 Å². The molecule has 0 aromatic heterocycles. The normalized spacial score (nSPS) is 14.5. The minimum Gasteiger partial charge on any atom is -0.490 e. The van der Waals surface area contributed by atoms with E-state index in [9.17, 15) is 0 Å². The van der Waals surface area contributed by atoms with Crippen molar-refractivity contribution in [3.05, 3.63) is 23.8 Å². The summed E-state index contributed by atoms with van der Waals surface area (Å²) < 4.78 is 16.3. The van der Waals surface area contributed by atoms with Crippen molar-refractivity contribution < 1.29 is 14.2 Å². The number of ether oxygens (including phenoxy) is 3. The molecule has 1 aromatic rings.